The lowest BCUT2D eigenvalue weighted by Crippen LogP contribution is -2.47. The van der Waals surface area contributed by atoms with Crippen LogP contribution in [0.5, 0.6) is 5.75 Å². The number of ether oxygens (including phenoxy) is 2. The molecule has 3 saturated heterocycles. The zero-order chi connectivity index (χ0) is 27.8. The molecule has 11 heteroatoms. The van der Waals surface area contributed by atoms with Crippen LogP contribution in [0.3, 0.4) is 0 Å². The summed E-state index contributed by atoms with van der Waals surface area (Å²) in [6, 6.07) is 11.8. The van der Waals surface area contributed by atoms with E-state index in [1.165, 1.54) is 11.8 Å². The second kappa shape index (κ2) is 11.2. The molecule has 0 unspecified atom stereocenters. The van der Waals surface area contributed by atoms with Crippen molar-refractivity contribution in [3.05, 3.63) is 69.0 Å². The van der Waals surface area contributed by atoms with Crippen LogP contribution >= 0.6 is 24.0 Å². The lowest BCUT2D eigenvalue weighted by atomic mass is 10.2. The number of aryl methyl sites for hydroxylation is 1. The highest BCUT2D eigenvalue weighted by Gasteiger charge is 2.35. The molecular weight excluding hydrogens is 546 g/mol. The maximum Gasteiger partial charge on any atom is 0.267 e. The number of thioether (sulfide) groups is 1. The van der Waals surface area contributed by atoms with Gasteiger partial charge in [-0.05, 0) is 61.7 Å². The molecule has 1 atom stereocenters. The zero-order valence-electron chi connectivity index (χ0n) is 22.5. The van der Waals surface area contributed by atoms with E-state index < -0.39 is 0 Å². The average molecular weight is 578 g/mol. The summed E-state index contributed by atoms with van der Waals surface area (Å²) in [6.07, 6.45) is 5.31. The number of hydrogen-bond acceptors (Lipinski definition) is 9. The topological polar surface area (TPSA) is 79.6 Å². The van der Waals surface area contributed by atoms with E-state index in [0.717, 1.165) is 42.9 Å². The molecule has 3 aromatic rings. The number of aromatic nitrogens is 2. The molecule has 2 aromatic heterocycles. The van der Waals surface area contributed by atoms with Gasteiger partial charge >= 0.3 is 0 Å². The van der Waals surface area contributed by atoms with Gasteiger partial charge in [0.1, 0.15) is 21.5 Å². The number of rotatable bonds is 6. The molecule has 9 nitrogen and oxygen atoms in total. The number of anilines is 2. The second-order valence-corrected chi connectivity index (χ2v) is 11.8. The van der Waals surface area contributed by atoms with Crippen molar-refractivity contribution in [2.45, 2.75) is 25.9 Å². The van der Waals surface area contributed by atoms with E-state index >= 15 is 0 Å². The number of thiocarbonyl (C=S) groups is 1. The van der Waals surface area contributed by atoms with E-state index in [1.807, 2.05) is 31.2 Å². The van der Waals surface area contributed by atoms with Crippen LogP contribution in [0.15, 0.2) is 52.3 Å². The first kappa shape index (κ1) is 26.8. The van der Waals surface area contributed by atoms with Crippen molar-refractivity contribution in [2.75, 3.05) is 56.2 Å². The van der Waals surface area contributed by atoms with Crippen LogP contribution in [-0.2, 0) is 9.53 Å². The number of carbonyl (C=O) groups excluding carboxylic acids is 1. The summed E-state index contributed by atoms with van der Waals surface area (Å²) in [5.41, 5.74) is 2.84. The molecule has 1 amide bonds. The highest BCUT2D eigenvalue weighted by atomic mass is 32.2. The smallest absolute Gasteiger partial charge is 0.267 e. The van der Waals surface area contributed by atoms with Gasteiger partial charge in [-0.3, -0.25) is 18.9 Å². The standard InChI is InChI=1S/C29H31N5O4S2/c1-19-5-3-11-33-25(19)30-26(32-14-12-31(13-15-32)20-7-9-21(37-2)10-8-20)23(27(33)35)17-24-28(36)34(29(39)40-24)18-22-6-4-16-38-22/h3,5,7-11,17,22H,4,6,12-16,18H2,1-2H3/b24-17-/t22-/m1/s1. The molecule has 3 aliphatic rings. The molecule has 3 fully saturated rings. The van der Waals surface area contributed by atoms with Crippen molar-refractivity contribution in [1.29, 1.82) is 0 Å². The van der Waals surface area contributed by atoms with Crippen molar-refractivity contribution < 1.29 is 14.3 Å². The van der Waals surface area contributed by atoms with Crippen LogP contribution in [0.1, 0.15) is 24.0 Å². The maximum atomic E-state index is 13.9. The molecule has 208 valence electrons. The van der Waals surface area contributed by atoms with E-state index in [0.29, 0.717) is 52.5 Å². The summed E-state index contributed by atoms with van der Waals surface area (Å²) in [5, 5.41) is 0. The zero-order valence-corrected chi connectivity index (χ0v) is 24.2. The average Bonchev–Trinajstić information content (AvgIpc) is 3.59. The van der Waals surface area contributed by atoms with Gasteiger partial charge in [0, 0.05) is 44.7 Å². The number of piperazine rings is 1. The van der Waals surface area contributed by atoms with Crippen molar-refractivity contribution in [2.24, 2.45) is 0 Å². The first-order valence-electron chi connectivity index (χ1n) is 13.5. The monoisotopic (exact) mass is 577 g/mol. The van der Waals surface area contributed by atoms with Gasteiger partial charge < -0.3 is 19.3 Å². The van der Waals surface area contributed by atoms with E-state index in [4.69, 9.17) is 26.7 Å². The Hall–Kier alpha value is -3.41. The van der Waals surface area contributed by atoms with Gasteiger partial charge in [-0.2, -0.15) is 0 Å². The quantitative estimate of drug-likeness (QED) is 0.322. The van der Waals surface area contributed by atoms with Gasteiger partial charge in [-0.15, -0.1) is 0 Å². The fraction of sp³-hybridized carbons (Fsp3) is 0.379. The largest absolute Gasteiger partial charge is 0.497 e. The third-order valence-electron chi connectivity index (χ3n) is 7.64. The Bertz CT molecular complexity index is 1540. The number of nitrogens with zero attached hydrogens (tertiary/aromatic N) is 5. The van der Waals surface area contributed by atoms with Crippen molar-refractivity contribution in [3.63, 3.8) is 0 Å². The fourth-order valence-corrected chi connectivity index (χ4v) is 6.67. The summed E-state index contributed by atoms with van der Waals surface area (Å²) in [5.74, 6) is 1.23. The van der Waals surface area contributed by atoms with Gasteiger partial charge in [0.05, 0.1) is 30.2 Å². The molecule has 0 radical (unpaired) electrons. The van der Waals surface area contributed by atoms with Gasteiger partial charge in [0.25, 0.3) is 11.5 Å². The van der Waals surface area contributed by atoms with Gasteiger partial charge in [-0.1, -0.05) is 30.0 Å². The Morgan fingerprint density at radius 3 is 2.58 bits per heavy atom. The minimum absolute atomic E-state index is 0.00431. The molecule has 0 bridgehead atoms. The second-order valence-electron chi connectivity index (χ2n) is 10.1. The predicted molar refractivity (Wildman–Crippen MR) is 162 cm³/mol. The van der Waals surface area contributed by atoms with Crippen LogP contribution in [-0.4, -0.2) is 77.1 Å². The van der Waals surface area contributed by atoms with Crippen LogP contribution < -0.4 is 20.1 Å². The molecular formula is C29H31N5O4S2. The molecule has 0 saturated carbocycles. The number of fused-ring (bicyclic) bond motifs is 1. The summed E-state index contributed by atoms with van der Waals surface area (Å²) in [6.45, 7) is 6.00. The van der Waals surface area contributed by atoms with Gasteiger partial charge in [-0.25, -0.2) is 4.98 Å². The number of carbonyl (C=O) groups is 1. The summed E-state index contributed by atoms with van der Waals surface area (Å²) < 4.78 is 13.1. The first-order chi connectivity index (χ1) is 19.4. The Balaban J connectivity index is 1.32. The maximum absolute atomic E-state index is 13.9. The number of amides is 1. The number of pyridine rings is 1. The van der Waals surface area contributed by atoms with E-state index in [9.17, 15) is 9.59 Å². The normalized spacial score (nSPS) is 20.8. The van der Waals surface area contributed by atoms with Crippen molar-refractivity contribution in [3.8, 4) is 5.75 Å². The van der Waals surface area contributed by atoms with Crippen molar-refractivity contribution >= 4 is 57.4 Å². The first-order valence-corrected chi connectivity index (χ1v) is 14.7. The Morgan fingerprint density at radius 1 is 1.12 bits per heavy atom. The Morgan fingerprint density at radius 2 is 1.88 bits per heavy atom. The lowest BCUT2D eigenvalue weighted by Gasteiger charge is -2.37. The van der Waals surface area contributed by atoms with E-state index in [2.05, 4.69) is 21.9 Å². The molecule has 5 heterocycles. The summed E-state index contributed by atoms with van der Waals surface area (Å²) in [4.78, 5) is 38.8. The molecule has 1 aromatic carbocycles. The summed E-state index contributed by atoms with van der Waals surface area (Å²) >= 11 is 6.79. The molecule has 40 heavy (non-hydrogen) atoms. The van der Waals surface area contributed by atoms with Crippen LogP contribution in [0, 0.1) is 6.92 Å². The summed E-state index contributed by atoms with van der Waals surface area (Å²) in [7, 11) is 1.66. The molecule has 6 rings (SSSR count). The van der Waals surface area contributed by atoms with Crippen LogP contribution in [0.4, 0.5) is 11.5 Å². The van der Waals surface area contributed by atoms with Crippen LogP contribution in [0.25, 0.3) is 11.7 Å². The third kappa shape index (κ3) is 5.09. The SMILES string of the molecule is COc1ccc(N2CCN(c3nc4c(C)cccn4c(=O)c3/C=C3\SC(=S)N(C[C@H]4CCCO4)C3=O)CC2)cc1. The molecule has 0 aliphatic carbocycles. The Kier molecular flexibility index (Phi) is 7.52. The molecule has 3 aliphatic heterocycles. The molecule has 0 spiro atoms. The fourth-order valence-electron chi connectivity index (χ4n) is 5.42. The minimum Gasteiger partial charge on any atom is -0.497 e. The highest BCUT2D eigenvalue weighted by molar-refractivity contribution is 8.26. The third-order valence-corrected chi connectivity index (χ3v) is 9.02. The van der Waals surface area contributed by atoms with E-state index in [1.54, 1.807) is 28.7 Å². The van der Waals surface area contributed by atoms with Crippen LogP contribution in [0.2, 0.25) is 0 Å². The van der Waals surface area contributed by atoms with Gasteiger partial charge in [0.2, 0.25) is 0 Å². The lowest BCUT2D eigenvalue weighted by molar-refractivity contribution is -0.123. The van der Waals surface area contributed by atoms with E-state index in [-0.39, 0.29) is 17.6 Å². The Labute approximate surface area is 242 Å². The number of methoxy groups -OCH3 is 1. The molecule has 0 N–H and O–H groups in total. The predicted octanol–water partition coefficient (Wildman–Crippen LogP) is 3.72. The van der Waals surface area contributed by atoms with Gasteiger partial charge in [0.15, 0.2) is 0 Å². The van der Waals surface area contributed by atoms with Crippen molar-refractivity contribution in [1.82, 2.24) is 14.3 Å². The minimum atomic E-state index is -0.203. The highest BCUT2D eigenvalue weighted by Crippen LogP contribution is 2.35. The number of benzene rings is 1. The number of hydrogen-bond donors (Lipinski definition) is 0.